The first kappa shape index (κ1) is 14.7. The molecule has 1 N–H and O–H groups in total. The molecule has 1 aliphatic carbocycles. The predicted octanol–water partition coefficient (Wildman–Crippen LogP) is 4.30. The Hall–Kier alpha value is -0.730. The zero-order chi connectivity index (χ0) is 13.7. The topological polar surface area (TPSA) is 29.5 Å². The third kappa shape index (κ3) is 4.12. The molecular weight excluding hydrogens is 260 g/mol. The molecule has 2 rings (SSSR count). The number of hydrogen-bond acceptors (Lipinski definition) is 2. The highest BCUT2D eigenvalue weighted by molar-refractivity contribution is 6.30. The van der Waals surface area contributed by atoms with Crippen LogP contribution in [0.4, 0.5) is 0 Å². The van der Waals surface area contributed by atoms with E-state index >= 15 is 0 Å². The minimum Gasteiger partial charge on any atom is -0.491 e. The zero-order valence-electron chi connectivity index (χ0n) is 11.5. The van der Waals surface area contributed by atoms with E-state index < -0.39 is 0 Å². The highest BCUT2D eigenvalue weighted by atomic mass is 35.5. The minimum atomic E-state index is -0.360. The molecule has 3 atom stereocenters. The number of aliphatic hydroxyl groups is 1. The molecule has 0 aliphatic heterocycles. The van der Waals surface area contributed by atoms with Crippen LogP contribution in [0.25, 0.3) is 0 Å². The van der Waals surface area contributed by atoms with Crippen LogP contribution in [0.2, 0.25) is 5.02 Å². The third-order valence-electron chi connectivity index (χ3n) is 4.22. The molecule has 0 bridgehead atoms. The minimum absolute atomic E-state index is 0.360. The molecule has 0 radical (unpaired) electrons. The van der Waals surface area contributed by atoms with Crippen LogP contribution in [0.15, 0.2) is 24.3 Å². The van der Waals surface area contributed by atoms with E-state index in [0.717, 1.165) is 18.6 Å². The maximum Gasteiger partial charge on any atom is 0.119 e. The molecule has 3 heteroatoms. The molecule has 0 aromatic heterocycles. The van der Waals surface area contributed by atoms with Gasteiger partial charge in [-0.25, -0.2) is 0 Å². The van der Waals surface area contributed by atoms with Crippen molar-refractivity contribution in [3.8, 4) is 5.75 Å². The molecule has 1 aromatic carbocycles. The van der Waals surface area contributed by atoms with Crippen LogP contribution in [0.1, 0.15) is 39.0 Å². The third-order valence-corrected chi connectivity index (χ3v) is 4.47. The highest BCUT2D eigenvalue weighted by Crippen LogP contribution is 2.34. The molecule has 1 fully saturated rings. The van der Waals surface area contributed by atoms with E-state index in [2.05, 4.69) is 6.92 Å². The quantitative estimate of drug-likeness (QED) is 0.873. The second-order valence-electron chi connectivity index (χ2n) is 5.45. The van der Waals surface area contributed by atoms with E-state index in [0.29, 0.717) is 23.5 Å². The van der Waals surface area contributed by atoms with Gasteiger partial charge in [0.2, 0.25) is 0 Å². The fourth-order valence-electron chi connectivity index (χ4n) is 3.09. The summed E-state index contributed by atoms with van der Waals surface area (Å²) in [4.78, 5) is 0. The second-order valence-corrected chi connectivity index (χ2v) is 5.89. The van der Waals surface area contributed by atoms with Crippen LogP contribution in [0.3, 0.4) is 0 Å². The lowest BCUT2D eigenvalue weighted by Gasteiger charge is -2.34. The lowest BCUT2D eigenvalue weighted by Crippen LogP contribution is -2.34. The van der Waals surface area contributed by atoms with Crippen LogP contribution < -0.4 is 4.74 Å². The summed E-state index contributed by atoms with van der Waals surface area (Å²) in [5.41, 5.74) is 0. The van der Waals surface area contributed by atoms with E-state index in [-0.39, 0.29) is 6.10 Å². The largest absolute Gasteiger partial charge is 0.491 e. The summed E-state index contributed by atoms with van der Waals surface area (Å²) in [5.74, 6) is 1.82. The number of aliphatic hydroxyl groups excluding tert-OH is 1. The van der Waals surface area contributed by atoms with Crippen molar-refractivity contribution in [2.75, 3.05) is 6.61 Å². The van der Waals surface area contributed by atoms with Gasteiger partial charge < -0.3 is 9.84 Å². The van der Waals surface area contributed by atoms with Crippen molar-refractivity contribution in [3.63, 3.8) is 0 Å². The molecule has 0 amide bonds. The van der Waals surface area contributed by atoms with Crippen molar-refractivity contribution >= 4 is 11.6 Å². The number of rotatable bonds is 5. The molecule has 19 heavy (non-hydrogen) atoms. The monoisotopic (exact) mass is 282 g/mol. The van der Waals surface area contributed by atoms with Gasteiger partial charge in [-0.1, -0.05) is 44.2 Å². The molecular formula is C16H23ClO2. The zero-order valence-corrected chi connectivity index (χ0v) is 12.3. The van der Waals surface area contributed by atoms with Crippen molar-refractivity contribution < 1.29 is 9.84 Å². The smallest absolute Gasteiger partial charge is 0.119 e. The summed E-state index contributed by atoms with van der Waals surface area (Å²) in [6.07, 6.45) is 5.71. The summed E-state index contributed by atoms with van der Waals surface area (Å²) in [6, 6.07) is 7.29. The summed E-state index contributed by atoms with van der Waals surface area (Å²) in [7, 11) is 0. The number of halogens is 1. The van der Waals surface area contributed by atoms with Crippen molar-refractivity contribution in [2.45, 2.75) is 45.1 Å². The molecule has 0 saturated heterocycles. The number of benzene rings is 1. The fourth-order valence-corrected chi connectivity index (χ4v) is 3.21. The first-order valence-electron chi connectivity index (χ1n) is 7.27. The van der Waals surface area contributed by atoms with Gasteiger partial charge in [0, 0.05) is 5.02 Å². The van der Waals surface area contributed by atoms with Gasteiger partial charge in [0.25, 0.3) is 0 Å². The van der Waals surface area contributed by atoms with Gasteiger partial charge in [-0.05, 0) is 42.5 Å². The number of hydrogen-bond donors (Lipinski definition) is 1. The number of ether oxygens (including phenoxy) is 1. The lowest BCUT2D eigenvalue weighted by atomic mass is 9.75. The second kappa shape index (κ2) is 7.16. The summed E-state index contributed by atoms with van der Waals surface area (Å²) in [5, 5.41) is 11.0. The van der Waals surface area contributed by atoms with E-state index in [4.69, 9.17) is 16.3 Å². The SMILES string of the molecule is CCC1CCCCC1C(O)COc1ccc(Cl)cc1. The Kier molecular flexibility index (Phi) is 5.53. The van der Waals surface area contributed by atoms with Crippen molar-refractivity contribution in [2.24, 2.45) is 11.8 Å². The molecule has 1 aromatic rings. The van der Waals surface area contributed by atoms with Gasteiger partial charge in [0.15, 0.2) is 0 Å². The molecule has 0 spiro atoms. The summed E-state index contributed by atoms with van der Waals surface area (Å²) >= 11 is 5.83. The molecule has 1 saturated carbocycles. The van der Waals surface area contributed by atoms with Crippen LogP contribution in [0, 0.1) is 11.8 Å². The standard InChI is InChI=1S/C16H23ClO2/c1-2-12-5-3-4-6-15(12)16(18)11-19-14-9-7-13(17)8-10-14/h7-10,12,15-16,18H,2-6,11H2,1H3. The first-order valence-corrected chi connectivity index (χ1v) is 7.65. The van der Waals surface area contributed by atoms with E-state index in [9.17, 15) is 5.11 Å². The van der Waals surface area contributed by atoms with Crippen LogP contribution >= 0.6 is 11.6 Å². The summed E-state index contributed by atoms with van der Waals surface area (Å²) < 4.78 is 5.66. The molecule has 106 valence electrons. The Morgan fingerprint density at radius 2 is 1.95 bits per heavy atom. The van der Waals surface area contributed by atoms with Gasteiger partial charge in [0.05, 0.1) is 6.10 Å². The molecule has 1 aliphatic rings. The fraction of sp³-hybridized carbons (Fsp3) is 0.625. The van der Waals surface area contributed by atoms with Gasteiger partial charge in [-0.2, -0.15) is 0 Å². The van der Waals surface area contributed by atoms with E-state index in [1.165, 1.54) is 19.3 Å². The van der Waals surface area contributed by atoms with Crippen molar-refractivity contribution in [3.05, 3.63) is 29.3 Å². The van der Waals surface area contributed by atoms with Gasteiger partial charge in [-0.3, -0.25) is 0 Å². The van der Waals surface area contributed by atoms with Crippen LogP contribution in [-0.4, -0.2) is 17.8 Å². The molecule has 3 unspecified atom stereocenters. The Morgan fingerprint density at radius 3 is 2.63 bits per heavy atom. The Bertz CT molecular complexity index is 377. The highest BCUT2D eigenvalue weighted by Gasteiger charge is 2.29. The van der Waals surface area contributed by atoms with Crippen LogP contribution in [-0.2, 0) is 0 Å². The lowest BCUT2D eigenvalue weighted by molar-refractivity contribution is 0.0127. The average Bonchev–Trinajstić information content (AvgIpc) is 2.46. The van der Waals surface area contributed by atoms with Gasteiger partial charge >= 0.3 is 0 Å². The van der Waals surface area contributed by atoms with Crippen molar-refractivity contribution in [1.29, 1.82) is 0 Å². The Balaban J connectivity index is 1.85. The van der Waals surface area contributed by atoms with Crippen molar-refractivity contribution in [1.82, 2.24) is 0 Å². The molecule has 0 heterocycles. The maximum atomic E-state index is 10.3. The van der Waals surface area contributed by atoms with Gasteiger partial charge in [-0.15, -0.1) is 0 Å². The molecule has 2 nitrogen and oxygen atoms in total. The normalized spacial score (nSPS) is 25.0. The van der Waals surface area contributed by atoms with E-state index in [1.807, 2.05) is 12.1 Å². The van der Waals surface area contributed by atoms with Gasteiger partial charge in [0.1, 0.15) is 12.4 Å². The van der Waals surface area contributed by atoms with E-state index in [1.54, 1.807) is 12.1 Å². The average molecular weight is 283 g/mol. The Labute approximate surface area is 120 Å². The maximum absolute atomic E-state index is 10.3. The predicted molar refractivity (Wildman–Crippen MR) is 78.7 cm³/mol. The summed E-state index contributed by atoms with van der Waals surface area (Å²) in [6.45, 7) is 2.60. The van der Waals surface area contributed by atoms with Crippen LogP contribution in [0.5, 0.6) is 5.75 Å². The Morgan fingerprint density at radius 1 is 1.26 bits per heavy atom. The first-order chi connectivity index (χ1) is 9.20.